The molecule has 0 aliphatic heterocycles. The highest BCUT2D eigenvalue weighted by Gasteiger charge is 2.57. The molecule has 4 nitrogen and oxygen atoms in total. The third-order valence-corrected chi connectivity index (χ3v) is 3.72. The van der Waals surface area contributed by atoms with Gasteiger partial charge in [0.2, 0.25) is 0 Å². The van der Waals surface area contributed by atoms with Gasteiger partial charge >= 0.3 is 21.4 Å². The molecular formula is C3H2F5NO3P2. The van der Waals surface area contributed by atoms with Crippen LogP contribution in [0.4, 0.5) is 21.6 Å². The topological polar surface area (TPSA) is 55.4 Å². The summed E-state index contributed by atoms with van der Waals surface area (Å²) < 4.78 is 82.4. The molecule has 11 heteroatoms. The highest BCUT2D eigenvalue weighted by Crippen LogP contribution is 2.66. The first-order chi connectivity index (χ1) is 6.02. The summed E-state index contributed by atoms with van der Waals surface area (Å²) in [6, 6.07) is 0. The molecule has 2 unspecified atom stereocenters. The molecule has 0 aromatic carbocycles. The molecule has 0 amide bonds. The molecule has 0 aliphatic carbocycles. The van der Waals surface area contributed by atoms with Gasteiger partial charge in [0.25, 0.3) is 0 Å². The summed E-state index contributed by atoms with van der Waals surface area (Å²) in [4.78, 5) is 0.0615. The maximum atomic E-state index is 12.3. The Morgan fingerprint density at radius 1 is 1.29 bits per heavy atom. The zero-order chi connectivity index (χ0) is 11.6. The smallest absolute Gasteiger partial charge is 0.356 e. The molecule has 0 bridgehead atoms. The Morgan fingerprint density at radius 2 is 1.71 bits per heavy atom. The first-order valence-electron chi connectivity index (χ1n) is 2.62. The van der Waals surface area contributed by atoms with E-state index in [4.69, 9.17) is 0 Å². The minimum atomic E-state index is -6.64. The number of hydrogen-bond donors (Lipinski definition) is 1. The molecule has 2 atom stereocenters. The van der Waals surface area contributed by atoms with Crippen molar-refractivity contribution in [2.75, 3.05) is 0 Å². The lowest BCUT2D eigenvalue weighted by Crippen LogP contribution is -2.16. The van der Waals surface area contributed by atoms with Crippen molar-refractivity contribution in [3.63, 3.8) is 0 Å². The van der Waals surface area contributed by atoms with Crippen molar-refractivity contribution >= 4 is 15.4 Å². The van der Waals surface area contributed by atoms with Crippen LogP contribution in [-0.2, 0) is 13.7 Å². The number of alkyl halides is 3. The third kappa shape index (κ3) is 3.66. The molecule has 0 heterocycles. The quantitative estimate of drug-likeness (QED) is 0.479. The largest absolute Gasteiger partial charge is 0.513 e. The second-order valence-corrected chi connectivity index (χ2v) is 5.30. The fourth-order valence-corrected chi connectivity index (χ4v) is 2.28. The van der Waals surface area contributed by atoms with Crippen molar-refractivity contribution in [1.82, 2.24) is 4.86 Å². The van der Waals surface area contributed by atoms with Gasteiger partial charge in [-0.2, -0.15) is 17.4 Å². The van der Waals surface area contributed by atoms with Gasteiger partial charge in [-0.1, -0.05) is 6.42 Å². The van der Waals surface area contributed by atoms with E-state index in [-0.39, 0.29) is 4.86 Å². The molecule has 0 radical (unpaired) electrons. The molecule has 0 rings (SSSR count). The van der Waals surface area contributed by atoms with E-state index >= 15 is 0 Å². The number of hydrogen-bond acceptors (Lipinski definition) is 3. The average molecular weight is 257 g/mol. The van der Waals surface area contributed by atoms with E-state index in [2.05, 4.69) is 10.9 Å². The van der Waals surface area contributed by atoms with Gasteiger partial charge in [-0.15, -0.1) is 9.05 Å². The standard InChI is InChI=1S/C3H2F5NO3P2/c1-2-12-14(8,11)9-13(7,10)3(4,5)6/h1H,(H,9,10,11). The van der Waals surface area contributed by atoms with Crippen LogP contribution >= 0.6 is 15.4 Å². The molecule has 0 aliphatic rings. The number of nitrogens with one attached hydrogen (secondary N) is 1. The van der Waals surface area contributed by atoms with Crippen LogP contribution in [0.1, 0.15) is 0 Å². The number of terminal acetylenes is 1. The van der Waals surface area contributed by atoms with Crippen LogP contribution in [0.2, 0.25) is 0 Å². The summed E-state index contributed by atoms with van der Waals surface area (Å²) in [5.41, 5.74) is 0. The third-order valence-electron chi connectivity index (χ3n) is 0.744. The van der Waals surface area contributed by atoms with Gasteiger partial charge in [0, 0.05) is 0 Å². The van der Waals surface area contributed by atoms with E-state index in [0.717, 1.165) is 6.11 Å². The Bertz CT molecular complexity index is 345. The molecular weight excluding hydrogens is 255 g/mol. The molecule has 0 aromatic rings. The minimum Gasteiger partial charge on any atom is -0.356 e. The number of halogens is 5. The van der Waals surface area contributed by atoms with Crippen LogP contribution in [0.5, 0.6) is 0 Å². The Hall–Kier alpha value is -0.570. The van der Waals surface area contributed by atoms with Crippen LogP contribution in [0.3, 0.4) is 0 Å². The highest BCUT2D eigenvalue weighted by atomic mass is 31.3. The minimum absolute atomic E-state index is 0.0615. The Labute approximate surface area is 75.0 Å². The fraction of sp³-hybridized carbons (Fsp3) is 0.333. The normalized spacial score (nSPS) is 20.3. The van der Waals surface area contributed by atoms with Gasteiger partial charge in [0.05, 0.1) is 0 Å². The van der Waals surface area contributed by atoms with Crippen LogP contribution < -0.4 is 4.86 Å². The molecule has 0 fully saturated rings. The Morgan fingerprint density at radius 3 is 2.00 bits per heavy atom. The van der Waals surface area contributed by atoms with Gasteiger partial charge in [-0.3, -0.25) is 4.57 Å². The molecule has 0 saturated heterocycles. The first kappa shape index (κ1) is 13.4. The van der Waals surface area contributed by atoms with Crippen molar-refractivity contribution in [1.29, 1.82) is 0 Å². The van der Waals surface area contributed by atoms with Gasteiger partial charge < -0.3 is 4.52 Å². The summed E-state index contributed by atoms with van der Waals surface area (Å²) in [5.74, 6) is -5.88. The monoisotopic (exact) mass is 257 g/mol. The van der Waals surface area contributed by atoms with Crippen molar-refractivity contribution in [2.24, 2.45) is 0 Å². The summed E-state index contributed by atoms with van der Waals surface area (Å²) in [7, 11) is -12.4. The average Bonchev–Trinajstić information content (AvgIpc) is 1.80. The van der Waals surface area contributed by atoms with Crippen LogP contribution in [0.15, 0.2) is 0 Å². The van der Waals surface area contributed by atoms with E-state index in [0.29, 0.717) is 0 Å². The Kier molecular flexibility index (Phi) is 3.73. The maximum absolute atomic E-state index is 12.3. The highest BCUT2D eigenvalue weighted by molar-refractivity contribution is 7.70. The molecule has 1 N–H and O–H groups in total. The van der Waals surface area contributed by atoms with E-state index in [1.807, 2.05) is 0 Å². The van der Waals surface area contributed by atoms with E-state index in [9.17, 15) is 30.7 Å². The van der Waals surface area contributed by atoms with Crippen molar-refractivity contribution in [3.8, 4) is 12.5 Å². The van der Waals surface area contributed by atoms with Crippen LogP contribution in [-0.4, -0.2) is 5.92 Å². The van der Waals surface area contributed by atoms with Gasteiger partial charge in [-0.25, -0.2) is 4.57 Å². The summed E-state index contributed by atoms with van der Waals surface area (Å²) in [5, 5.41) is 0. The van der Waals surface area contributed by atoms with Crippen molar-refractivity contribution in [3.05, 3.63) is 0 Å². The maximum Gasteiger partial charge on any atom is 0.513 e. The lowest BCUT2D eigenvalue weighted by Gasteiger charge is -2.14. The molecule has 14 heavy (non-hydrogen) atoms. The molecule has 0 spiro atoms. The second-order valence-electron chi connectivity index (χ2n) is 1.79. The van der Waals surface area contributed by atoms with Gasteiger partial charge in [0.15, 0.2) is 0 Å². The zero-order valence-corrected chi connectivity index (χ0v) is 7.88. The van der Waals surface area contributed by atoms with Crippen molar-refractivity contribution < 1.29 is 35.2 Å². The molecule has 0 saturated carbocycles. The van der Waals surface area contributed by atoms with Crippen LogP contribution in [0, 0.1) is 12.5 Å². The van der Waals surface area contributed by atoms with Crippen molar-refractivity contribution in [2.45, 2.75) is 5.92 Å². The predicted molar refractivity (Wildman–Crippen MR) is 36.5 cm³/mol. The Balaban J connectivity index is 4.79. The summed E-state index contributed by atoms with van der Waals surface area (Å²) in [6.07, 6.45) is 5.15. The number of rotatable bonds is 3. The lowest BCUT2D eigenvalue weighted by atomic mass is 11.3. The summed E-state index contributed by atoms with van der Waals surface area (Å²) >= 11 is 0. The first-order valence-corrected chi connectivity index (χ1v) is 5.73. The summed E-state index contributed by atoms with van der Waals surface area (Å²) in [6.45, 7) is 0. The molecule has 0 aromatic heterocycles. The SMILES string of the molecule is C#COP(=O)(F)NP(=O)(F)C(F)(F)F. The molecule has 82 valence electrons. The predicted octanol–water partition coefficient (Wildman–Crippen LogP) is 2.94. The lowest BCUT2D eigenvalue weighted by molar-refractivity contribution is -0.0526. The van der Waals surface area contributed by atoms with E-state index in [1.54, 1.807) is 0 Å². The van der Waals surface area contributed by atoms with E-state index in [1.165, 1.54) is 0 Å². The zero-order valence-electron chi connectivity index (χ0n) is 6.09. The second kappa shape index (κ2) is 3.89. The fourth-order valence-electron chi connectivity index (χ4n) is 0.299. The van der Waals surface area contributed by atoms with Gasteiger partial charge in [-0.05, 0) is 0 Å². The van der Waals surface area contributed by atoms with Gasteiger partial charge in [0.1, 0.15) is 6.11 Å². The van der Waals surface area contributed by atoms with Crippen LogP contribution in [0.25, 0.3) is 0 Å². The van der Waals surface area contributed by atoms with E-state index < -0.39 is 21.4 Å².